The quantitative estimate of drug-likeness (QED) is 0.824. The second-order valence-electron chi connectivity index (χ2n) is 5.69. The largest absolute Gasteiger partial charge is 0.393 e. The van der Waals surface area contributed by atoms with Crippen molar-refractivity contribution in [3.8, 4) is 0 Å². The fourth-order valence-electron chi connectivity index (χ4n) is 3.22. The molecule has 0 aliphatic heterocycles. The lowest BCUT2D eigenvalue weighted by Gasteiger charge is -2.28. The minimum atomic E-state index is -0.0798. The number of aliphatic hydroxyl groups is 1. The molecule has 0 radical (unpaired) electrons. The molecular weight excluding hydrogens is 208 g/mol. The first kappa shape index (κ1) is 12.6. The molecular formula is C16H24O. The summed E-state index contributed by atoms with van der Waals surface area (Å²) in [5, 5.41) is 10.1. The van der Waals surface area contributed by atoms with E-state index < -0.39 is 0 Å². The number of aryl methyl sites for hydroxylation is 3. The highest BCUT2D eigenvalue weighted by Crippen LogP contribution is 2.29. The van der Waals surface area contributed by atoms with Gasteiger partial charge in [-0.2, -0.15) is 0 Å². The van der Waals surface area contributed by atoms with Crippen molar-refractivity contribution in [2.24, 2.45) is 5.92 Å². The summed E-state index contributed by atoms with van der Waals surface area (Å²) in [6.07, 6.45) is 5.64. The second kappa shape index (κ2) is 5.22. The number of hydrogen-bond acceptors (Lipinski definition) is 1. The molecule has 0 unspecified atom stereocenters. The summed E-state index contributed by atoms with van der Waals surface area (Å²) in [6, 6.07) is 4.52. The molecule has 0 spiro atoms. The van der Waals surface area contributed by atoms with Crippen LogP contribution in [0, 0.1) is 26.7 Å². The molecule has 94 valence electrons. The summed E-state index contributed by atoms with van der Waals surface area (Å²) in [4.78, 5) is 0. The number of benzene rings is 1. The van der Waals surface area contributed by atoms with Crippen molar-refractivity contribution in [3.05, 3.63) is 34.4 Å². The van der Waals surface area contributed by atoms with Crippen LogP contribution >= 0.6 is 0 Å². The van der Waals surface area contributed by atoms with Gasteiger partial charge in [0.2, 0.25) is 0 Å². The van der Waals surface area contributed by atoms with Crippen molar-refractivity contribution < 1.29 is 5.11 Å². The lowest BCUT2D eigenvalue weighted by atomic mass is 9.80. The van der Waals surface area contributed by atoms with Gasteiger partial charge in [-0.3, -0.25) is 0 Å². The number of rotatable bonds is 2. The molecule has 1 N–H and O–H groups in total. The Hall–Kier alpha value is -0.820. The van der Waals surface area contributed by atoms with Gasteiger partial charge in [0.1, 0.15) is 0 Å². The lowest BCUT2D eigenvalue weighted by molar-refractivity contribution is 0.0699. The predicted molar refractivity (Wildman–Crippen MR) is 72.3 cm³/mol. The van der Waals surface area contributed by atoms with Crippen LogP contribution in [-0.4, -0.2) is 11.2 Å². The highest BCUT2D eigenvalue weighted by Gasteiger charge is 2.24. The van der Waals surface area contributed by atoms with Gasteiger partial charge in [-0.05, 0) is 62.6 Å². The molecule has 1 fully saturated rings. The molecule has 1 aliphatic rings. The first-order chi connectivity index (χ1) is 8.08. The third kappa shape index (κ3) is 2.90. The van der Waals surface area contributed by atoms with Gasteiger partial charge in [-0.25, -0.2) is 0 Å². The van der Waals surface area contributed by atoms with Gasteiger partial charge in [0.25, 0.3) is 0 Å². The van der Waals surface area contributed by atoms with E-state index in [1.807, 2.05) is 0 Å². The predicted octanol–water partition coefficient (Wildman–Crippen LogP) is 3.71. The Bertz CT molecular complexity index is 372. The number of hydrogen-bond donors (Lipinski definition) is 1. The molecule has 0 saturated heterocycles. The molecule has 1 heteroatoms. The van der Waals surface area contributed by atoms with Crippen LogP contribution in [0.3, 0.4) is 0 Å². The van der Waals surface area contributed by atoms with Crippen LogP contribution in [0.5, 0.6) is 0 Å². The van der Waals surface area contributed by atoms with E-state index in [-0.39, 0.29) is 6.10 Å². The summed E-state index contributed by atoms with van der Waals surface area (Å²) in [5.74, 6) is 0.476. The Morgan fingerprint density at radius 2 is 1.65 bits per heavy atom. The maximum Gasteiger partial charge on any atom is 0.0571 e. The van der Waals surface area contributed by atoms with Crippen molar-refractivity contribution in [1.82, 2.24) is 0 Å². The van der Waals surface area contributed by atoms with Crippen LogP contribution in [-0.2, 0) is 6.42 Å². The van der Waals surface area contributed by atoms with E-state index in [0.29, 0.717) is 5.92 Å². The first-order valence-corrected chi connectivity index (χ1v) is 6.82. The summed E-state index contributed by atoms with van der Waals surface area (Å²) in [6.45, 7) is 6.55. The molecule has 0 bridgehead atoms. The Labute approximate surface area is 105 Å². The highest BCUT2D eigenvalue weighted by molar-refractivity contribution is 5.37. The molecule has 1 aromatic carbocycles. The zero-order valence-corrected chi connectivity index (χ0v) is 11.3. The standard InChI is InChI=1S/C16H24O/c1-11-8-12(2)15(13(3)9-11)10-14-6-4-5-7-16(14)17/h8-9,14,16-17H,4-7,10H2,1-3H3/t14-,16+/m0/s1. The molecule has 0 heterocycles. The Morgan fingerprint density at radius 3 is 2.24 bits per heavy atom. The van der Waals surface area contributed by atoms with E-state index in [1.165, 1.54) is 41.5 Å². The van der Waals surface area contributed by atoms with Gasteiger partial charge in [0.05, 0.1) is 6.10 Å². The van der Waals surface area contributed by atoms with E-state index in [4.69, 9.17) is 0 Å². The average molecular weight is 232 g/mol. The van der Waals surface area contributed by atoms with Crippen LogP contribution < -0.4 is 0 Å². The summed E-state index contributed by atoms with van der Waals surface area (Å²) >= 11 is 0. The van der Waals surface area contributed by atoms with Crippen LogP contribution in [0.15, 0.2) is 12.1 Å². The summed E-state index contributed by atoms with van der Waals surface area (Å²) in [7, 11) is 0. The van der Waals surface area contributed by atoms with Gasteiger partial charge in [-0.15, -0.1) is 0 Å². The lowest BCUT2D eigenvalue weighted by Crippen LogP contribution is -2.26. The molecule has 17 heavy (non-hydrogen) atoms. The van der Waals surface area contributed by atoms with Gasteiger partial charge >= 0.3 is 0 Å². The van der Waals surface area contributed by atoms with E-state index in [1.54, 1.807) is 0 Å². The van der Waals surface area contributed by atoms with E-state index in [2.05, 4.69) is 32.9 Å². The second-order valence-corrected chi connectivity index (χ2v) is 5.69. The maximum absolute atomic E-state index is 10.1. The normalized spacial score (nSPS) is 24.9. The smallest absolute Gasteiger partial charge is 0.0571 e. The SMILES string of the molecule is Cc1cc(C)c(C[C@@H]2CCCC[C@H]2O)c(C)c1. The fraction of sp³-hybridized carbons (Fsp3) is 0.625. The Morgan fingerprint density at radius 1 is 1.06 bits per heavy atom. The van der Waals surface area contributed by atoms with Crippen molar-refractivity contribution in [3.63, 3.8) is 0 Å². The van der Waals surface area contributed by atoms with Crippen molar-refractivity contribution in [1.29, 1.82) is 0 Å². The Kier molecular flexibility index (Phi) is 3.88. The average Bonchev–Trinajstić information content (AvgIpc) is 2.25. The van der Waals surface area contributed by atoms with Crippen LogP contribution in [0.25, 0.3) is 0 Å². The summed E-state index contributed by atoms with van der Waals surface area (Å²) in [5.41, 5.74) is 5.58. The molecule has 1 saturated carbocycles. The minimum absolute atomic E-state index is 0.0798. The van der Waals surface area contributed by atoms with Crippen LogP contribution in [0.4, 0.5) is 0 Å². The summed E-state index contributed by atoms with van der Waals surface area (Å²) < 4.78 is 0. The molecule has 2 rings (SSSR count). The monoisotopic (exact) mass is 232 g/mol. The van der Waals surface area contributed by atoms with Gasteiger partial charge in [-0.1, -0.05) is 30.5 Å². The third-order valence-electron chi connectivity index (χ3n) is 4.18. The van der Waals surface area contributed by atoms with Crippen molar-refractivity contribution >= 4 is 0 Å². The van der Waals surface area contributed by atoms with Crippen molar-refractivity contribution in [2.75, 3.05) is 0 Å². The van der Waals surface area contributed by atoms with Gasteiger partial charge in [0.15, 0.2) is 0 Å². The zero-order valence-electron chi connectivity index (χ0n) is 11.3. The molecule has 2 atom stereocenters. The fourth-order valence-corrected chi connectivity index (χ4v) is 3.22. The van der Waals surface area contributed by atoms with Gasteiger partial charge < -0.3 is 5.11 Å². The minimum Gasteiger partial charge on any atom is -0.393 e. The molecule has 1 nitrogen and oxygen atoms in total. The molecule has 0 amide bonds. The molecule has 1 aliphatic carbocycles. The van der Waals surface area contributed by atoms with Gasteiger partial charge in [0, 0.05) is 0 Å². The van der Waals surface area contributed by atoms with E-state index >= 15 is 0 Å². The zero-order chi connectivity index (χ0) is 12.4. The third-order valence-corrected chi connectivity index (χ3v) is 4.18. The Balaban J connectivity index is 2.17. The first-order valence-electron chi connectivity index (χ1n) is 6.82. The van der Waals surface area contributed by atoms with Crippen LogP contribution in [0.2, 0.25) is 0 Å². The maximum atomic E-state index is 10.1. The van der Waals surface area contributed by atoms with E-state index in [0.717, 1.165) is 12.8 Å². The molecule has 1 aromatic rings. The van der Waals surface area contributed by atoms with Crippen molar-refractivity contribution in [2.45, 2.75) is 59.0 Å². The number of aliphatic hydroxyl groups excluding tert-OH is 1. The van der Waals surface area contributed by atoms with Crippen LogP contribution in [0.1, 0.15) is 47.9 Å². The van der Waals surface area contributed by atoms with E-state index in [9.17, 15) is 5.11 Å². The topological polar surface area (TPSA) is 20.2 Å². The highest BCUT2D eigenvalue weighted by atomic mass is 16.3. The molecule has 0 aromatic heterocycles.